The molecular weight excluding hydrogens is 942 g/mol. The Bertz CT molecular complexity index is 2030. The fourth-order valence-electron chi connectivity index (χ4n) is 4.75. The summed E-state index contributed by atoms with van der Waals surface area (Å²) in [6.07, 6.45) is -1.45. The van der Waals surface area contributed by atoms with Crippen LogP contribution < -0.4 is 22.3 Å². The number of aryl methyl sites for hydroxylation is 1. The highest BCUT2D eigenvalue weighted by Gasteiger charge is 2.50. The molecule has 1 aromatic heterocycles. The van der Waals surface area contributed by atoms with E-state index in [1.807, 2.05) is 18.8 Å². The second-order valence-corrected chi connectivity index (χ2v) is 22.9. The van der Waals surface area contributed by atoms with E-state index in [0.29, 0.717) is 38.8 Å². The molecule has 60 heavy (non-hydrogen) atoms. The van der Waals surface area contributed by atoms with Crippen molar-refractivity contribution in [2.24, 2.45) is 11.7 Å². The monoisotopic (exact) mass is 992 g/mol. The van der Waals surface area contributed by atoms with Crippen LogP contribution in [-0.4, -0.2) is 101 Å². The van der Waals surface area contributed by atoms with Crippen molar-refractivity contribution in [3.8, 4) is 0 Å². The smallest absolute Gasteiger partial charge is 0.390 e. The number of phosphoric ester groups is 2. The molecule has 0 bridgehead atoms. The standard InChI is InChI=1S/C25H50N4O25P6/c1-17-14-29(24(33)28-23(17)32)21-13-19(30)20(49-21)16-48-56(36,37)51-58(40,41)53-60(44,45)54-59(42,43)52-57(38,39)50-55(34,35)47-12-8-6-5-7-11-27-22(31)18(2)15-46-25(3,4)9-10-26/h14,18-21,30H,5-13,15-16,26H2,1-4H3,(H,27,31)(H,34,35)(H,36,37)(H,38,39)(H,40,41)(H,42,43)(H,44,45)(H,28,32,33)/t18?,19-,20?,21-/m1/s1. The maximum atomic E-state index is 12.3. The van der Waals surface area contributed by atoms with Gasteiger partial charge in [0.2, 0.25) is 5.91 Å². The molecule has 8 unspecified atom stereocenters. The number of hydrogen-bond acceptors (Lipinski definition) is 20. The van der Waals surface area contributed by atoms with E-state index in [1.165, 1.54) is 6.92 Å². The van der Waals surface area contributed by atoms with Crippen molar-refractivity contribution in [1.29, 1.82) is 0 Å². The van der Waals surface area contributed by atoms with Crippen molar-refractivity contribution in [2.75, 3.05) is 32.9 Å². The zero-order chi connectivity index (χ0) is 46.0. The van der Waals surface area contributed by atoms with E-state index in [-0.39, 0.29) is 30.9 Å². The number of nitrogens with one attached hydrogen (secondary N) is 2. The van der Waals surface area contributed by atoms with Gasteiger partial charge in [0.1, 0.15) is 12.3 Å². The van der Waals surface area contributed by atoms with Crippen molar-refractivity contribution in [2.45, 2.75) is 90.3 Å². The first kappa shape index (κ1) is 55.0. The Kier molecular flexibility index (Phi) is 20.8. The third kappa shape index (κ3) is 20.6. The first-order chi connectivity index (χ1) is 27.3. The van der Waals surface area contributed by atoms with Crippen LogP contribution in [0, 0.1) is 12.8 Å². The Labute approximate surface area is 341 Å². The van der Waals surface area contributed by atoms with Crippen LogP contribution in [0.4, 0.5) is 0 Å². The van der Waals surface area contributed by atoms with Crippen LogP contribution in [0.1, 0.15) is 71.1 Å². The highest BCUT2D eigenvalue weighted by molar-refractivity contribution is 7.72. The van der Waals surface area contributed by atoms with E-state index in [9.17, 15) is 76.2 Å². The number of phosphoric acid groups is 6. The number of aromatic nitrogens is 2. The molecule has 1 saturated heterocycles. The Hall–Kier alpha value is -1.15. The van der Waals surface area contributed by atoms with Gasteiger partial charge in [-0.3, -0.25) is 28.2 Å². The molecule has 1 amide bonds. The fraction of sp³-hybridized carbons (Fsp3) is 0.800. The van der Waals surface area contributed by atoms with Crippen LogP contribution in [0.5, 0.6) is 0 Å². The molecule has 1 aromatic rings. The van der Waals surface area contributed by atoms with Gasteiger partial charge in [0.15, 0.2) is 0 Å². The number of ether oxygens (including phenoxy) is 2. The number of amides is 1. The van der Waals surface area contributed by atoms with E-state index in [4.69, 9.17) is 15.2 Å². The average Bonchev–Trinajstić information content (AvgIpc) is 3.42. The fourth-order valence-corrected chi connectivity index (χ4v) is 12.6. The molecule has 0 saturated carbocycles. The Morgan fingerprint density at radius 1 is 0.883 bits per heavy atom. The second kappa shape index (κ2) is 22.7. The third-order valence-electron chi connectivity index (χ3n) is 7.64. The van der Waals surface area contributed by atoms with E-state index in [2.05, 4.69) is 35.9 Å². The second-order valence-electron chi connectivity index (χ2n) is 13.5. The molecule has 350 valence electrons. The Morgan fingerprint density at radius 2 is 1.38 bits per heavy atom. The predicted octanol–water partition coefficient (Wildman–Crippen LogP) is 1.67. The van der Waals surface area contributed by atoms with Gasteiger partial charge in [-0.25, -0.2) is 32.2 Å². The van der Waals surface area contributed by atoms with Gasteiger partial charge in [0.25, 0.3) is 5.56 Å². The lowest BCUT2D eigenvalue weighted by Gasteiger charge is -2.26. The van der Waals surface area contributed by atoms with Gasteiger partial charge in [0.05, 0.1) is 37.4 Å². The maximum absolute atomic E-state index is 12.3. The van der Waals surface area contributed by atoms with Crippen LogP contribution in [0.3, 0.4) is 0 Å². The molecule has 0 aromatic carbocycles. The molecule has 29 nitrogen and oxygen atoms in total. The summed E-state index contributed by atoms with van der Waals surface area (Å²) in [6.45, 7) is 6.00. The zero-order valence-corrected chi connectivity index (χ0v) is 37.7. The SMILES string of the molecule is Cc1cn([C@H]2C[C@@H](O)C(COP(=O)(O)OP(=O)(O)OP(=O)(O)OP(=O)(O)OP(=O)(O)OP(=O)(O)OCCCCCCNC(=O)C(C)COC(C)(C)CCN)O2)c(=O)[nH]c1=O. The van der Waals surface area contributed by atoms with Gasteiger partial charge >= 0.3 is 52.6 Å². The van der Waals surface area contributed by atoms with Crippen LogP contribution >= 0.6 is 46.9 Å². The molecule has 10 atom stereocenters. The van der Waals surface area contributed by atoms with Crippen LogP contribution in [0.25, 0.3) is 0 Å². The van der Waals surface area contributed by atoms with Crippen molar-refractivity contribution in [3.63, 3.8) is 0 Å². The number of carbonyl (C=O) groups is 1. The maximum Gasteiger partial charge on any atom is 0.490 e. The van der Waals surface area contributed by atoms with Crippen molar-refractivity contribution >= 4 is 52.8 Å². The minimum absolute atomic E-state index is 0.0673. The quantitative estimate of drug-likeness (QED) is 0.0421. The number of nitrogens with zero attached hydrogens (tertiary/aromatic N) is 1. The number of rotatable bonds is 28. The molecule has 0 spiro atoms. The van der Waals surface area contributed by atoms with E-state index in [0.717, 1.165) is 10.8 Å². The number of unbranched alkanes of at least 4 members (excludes halogenated alkanes) is 3. The molecule has 1 aliphatic heterocycles. The summed E-state index contributed by atoms with van der Waals surface area (Å²) < 4.78 is 112. The molecular formula is C25H50N4O25P6. The van der Waals surface area contributed by atoms with E-state index in [1.54, 1.807) is 6.92 Å². The summed E-state index contributed by atoms with van der Waals surface area (Å²) in [4.78, 5) is 96.3. The normalized spacial score (nSPS) is 23.9. The highest BCUT2D eigenvalue weighted by atomic mass is 31.3. The number of hydrogen-bond donors (Lipinski definition) is 10. The molecule has 11 N–H and O–H groups in total. The molecule has 2 rings (SSSR count). The van der Waals surface area contributed by atoms with E-state index < -0.39 is 101 Å². The Balaban J connectivity index is 1.79. The summed E-state index contributed by atoms with van der Waals surface area (Å²) in [5.41, 5.74) is 3.50. The lowest BCUT2D eigenvalue weighted by atomic mass is 10.0. The highest BCUT2D eigenvalue weighted by Crippen LogP contribution is 2.75. The van der Waals surface area contributed by atoms with Crippen LogP contribution in [-0.2, 0) is 72.3 Å². The third-order valence-corrected chi connectivity index (χ3v) is 16.9. The van der Waals surface area contributed by atoms with Crippen molar-refractivity contribution < 1.29 is 107 Å². The van der Waals surface area contributed by atoms with E-state index >= 15 is 0 Å². The summed E-state index contributed by atoms with van der Waals surface area (Å²) >= 11 is 0. The molecule has 1 aliphatic rings. The first-order valence-electron chi connectivity index (χ1n) is 17.4. The van der Waals surface area contributed by atoms with Crippen molar-refractivity contribution in [1.82, 2.24) is 14.9 Å². The number of aromatic amines is 1. The first-order valence-corrected chi connectivity index (χ1v) is 26.3. The lowest BCUT2D eigenvalue weighted by molar-refractivity contribution is -0.128. The largest absolute Gasteiger partial charge is 0.490 e. The Morgan fingerprint density at radius 3 is 1.92 bits per heavy atom. The van der Waals surface area contributed by atoms with Gasteiger partial charge in [-0.05, 0) is 46.6 Å². The predicted molar refractivity (Wildman–Crippen MR) is 201 cm³/mol. The van der Waals surface area contributed by atoms with Gasteiger partial charge in [-0.2, -0.15) is 21.6 Å². The lowest BCUT2D eigenvalue weighted by Crippen LogP contribution is -2.36. The number of aliphatic hydroxyl groups excluding tert-OH is 1. The molecule has 35 heteroatoms. The summed E-state index contributed by atoms with van der Waals surface area (Å²) in [5.74, 6) is -0.672. The zero-order valence-electron chi connectivity index (χ0n) is 32.4. The van der Waals surface area contributed by atoms with Crippen LogP contribution in [0.2, 0.25) is 0 Å². The van der Waals surface area contributed by atoms with Crippen molar-refractivity contribution in [3.05, 3.63) is 32.6 Å². The summed E-state index contributed by atoms with van der Waals surface area (Å²) in [5, 5.41) is 13.0. The molecule has 1 fully saturated rings. The van der Waals surface area contributed by atoms with Gasteiger partial charge in [0, 0.05) is 24.7 Å². The van der Waals surface area contributed by atoms with Gasteiger partial charge < -0.3 is 55.0 Å². The molecule has 2 heterocycles. The summed E-state index contributed by atoms with van der Waals surface area (Å²) in [6, 6.07) is 0. The average molecular weight is 993 g/mol. The topological polar surface area (TPSA) is 437 Å². The minimum Gasteiger partial charge on any atom is -0.390 e. The van der Waals surface area contributed by atoms with Gasteiger partial charge in [-0.1, -0.05) is 19.8 Å². The molecule has 0 radical (unpaired) electrons. The number of carbonyl (C=O) groups excluding carboxylic acids is 1. The minimum atomic E-state index is -6.49. The van der Waals surface area contributed by atoms with Gasteiger partial charge in [-0.15, -0.1) is 0 Å². The number of nitrogens with two attached hydrogens (primary N) is 1. The number of aliphatic hydroxyl groups is 1. The summed E-state index contributed by atoms with van der Waals surface area (Å²) in [7, 11) is -36.9. The number of H-pyrrole nitrogens is 1. The molecule has 0 aliphatic carbocycles. The van der Waals surface area contributed by atoms with Crippen LogP contribution in [0.15, 0.2) is 15.8 Å².